The van der Waals surface area contributed by atoms with Gasteiger partial charge in [0.15, 0.2) is 0 Å². The van der Waals surface area contributed by atoms with Crippen molar-refractivity contribution < 1.29 is 9.21 Å². The van der Waals surface area contributed by atoms with Gasteiger partial charge in [-0.2, -0.15) is 10.1 Å². The Kier molecular flexibility index (Phi) is 4.03. The van der Waals surface area contributed by atoms with E-state index in [1.54, 1.807) is 12.5 Å². The first-order chi connectivity index (χ1) is 10.3. The van der Waals surface area contributed by atoms with Gasteiger partial charge in [0, 0.05) is 6.21 Å². The van der Waals surface area contributed by atoms with Crippen molar-refractivity contribution in [2.24, 2.45) is 5.10 Å². The third kappa shape index (κ3) is 2.99. The third-order valence-electron chi connectivity index (χ3n) is 3.20. The number of alkyl halides is 1. The predicted molar refractivity (Wildman–Crippen MR) is 81.4 cm³/mol. The second kappa shape index (κ2) is 6.11. The van der Waals surface area contributed by atoms with Crippen LogP contribution >= 0.6 is 11.6 Å². The Morgan fingerprint density at radius 3 is 2.76 bits per heavy atom. The minimum Gasteiger partial charge on any atom is -0.468 e. The van der Waals surface area contributed by atoms with E-state index >= 15 is 0 Å². The quantitative estimate of drug-likeness (QED) is 0.882. The third-order valence-corrected chi connectivity index (χ3v) is 3.65. The molecule has 1 aromatic heterocycles. The normalized spacial score (nSPS) is 21.8. The fourth-order valence-corrected chi connectivity index (χ4v) is 2.34. The number of carbonyl (C=O) groups is 1. The Hall–Kier alpha value is -2.11. The van der Waals surface area contributed by atoms with Crippen molar-refractivity contribution >= 4 is 29.4 Å². The van der Waals surface area contributed by atoms with Crippen molar-refractivity contribution in [1.29, 1.82) is 0 Å². The highest BCUT2D eigenvalue weighted by Gasteiger charge is 2.33. The molecule has 21 heavy (non-hydrogen) atoms. The maximum absolute atomic E-state index is 12.3. The van der Waals surface area contributed by atoms with Crippen LogP contribution in [0.1, 0.15) is 5.76 Å². The number of benzene rings is 1. The molecule has 6 heteroatoms. The van der Waals surface area contributed by atoms with Crippen molar-refractivity contribution in [1.82, 2.24) is 5.32 Å². The van der Waals surface area contributed by atoms with Gasteiger partial charge in [-0.1, -0.05) is 18.2 Å². The lowest BCUT2D eigenvalue weighted by molar-refractivity contribution is -0.118. The summed E-state index contributed by atoms with van der Waals surface area (Å²) in [5, 5.41) is 7.96. The molecule has 0 spiro atoms. The number of hydrogen-bond donors (Lipinski definition) is 1. The summed E-state index contributed by atoms with van der Waals surface area (Å²) in [4.78, 5) is 12.3. The average molecular weight is 304 g/mol. The fourth-order valence-electron chi connectivity index (χ4n) is 2.09. The molecule has 1 N–H and O–H groups in total. The summed E-state index contributed by atoms with van der Waals surface area (Å²) >= 11 is 6.24. The molecule has 0 radical (unpaired) electrons. The molecule has 0 saturated carbocycles. The number of nitrogens with one attached hydrogen (secondary N) is 1. The molecular weight excluding hydrogens is 290 g/mol. The summed E-state index contributed by atoms with van der Waals surface area (Å²) in [7, 11) is 0. The molecule has 0 saturated heterocycles. The van der Waals surface area contributed by atoms with Crippen LogP contribution in [0.5, 0.6) is 0 Å². The first-order valence-electron chi connectivity index (χ1n) is 6.58. The molecule has 2 heterocycles. The van der Waals surface area contributed by atoms with E-state index in [1.165, 1.54) is 5.01 Å². The van der Waals surface area contributed by atoms with Crippen molar-refractivity contribution in [2.45, 2.75) is 18.0 Å². The largest absolute Gasteiger partial charge is 0.468 e. The summed E-state index contributed by atoms with van der Waals surface area (Å²) in [6.45, 7) is 0.492. The Morgan fingerprint density at radius 2 is 2.05 bits per heavy atom. The Bertz CT molecular complexity index is 628. The van der Waals surface area contributed by atoms with Crippen LogP contribution in [0.25, 0.3) is 0 Å². The van der Waals surface area contributed by atoms with Gasteiger partial charge in [-0.15, -0.1) is 11.6 Å². The lowest BCUT2D eigenvalue weighted by atomic mass is 10.1. The van der Waals surface area contributed by atoms with E-state index in [0.29, 0.717) is 12.2 Å². The highest BCUT2D eigenvalue weighted by Crippen LogP contribution is 2.21. The smallest absolute Gasteiger partial charge is 0.267 e. The fraction of sp³-hybridized carbons (Fsp3) is 0.200. The molecule has 108 valence electrons. The topological polar surface area (TPSA) is 57.8 Å². The average Bonchev–Trinajstić information content (AvgIpc) is 3.03. The summed E-state index contributed by atoms with van der Waals surface area (Å²) in [6.07, 6.45) is 3.25. The van der Waals surface area contributed by atoms with Gasteiger partial charge in [-0.3, -0.25) is 4.79 Å². The summed E-state index contributed by atoms with van der Waals surface area (Å²) < 4.78 is 5.23. The molecule has 2 aromatic rings. The molecule has 1 aliphatic rings. The number of furan rings is 1. The number of rotatable bonds is 4. The zero-order valence-electron chi connectivity index (χ0n) is 11.1. The lowest BCUT2D eigenvalue weighted by Gasteiger charge is -2.28. The van der Waals surface area contributed by atoms with Gasteiger partial charge < -0.3 is 9.73 Å². The zero-order chi connectivity index (χ0) is 14.7. The maximum Gasteiger partial charge on any atom is 0.267 e. The second-order valence-corrected chi connectivity index (χ2v) is 5.11. The number of amides is 1. The Morgan fingerprint density at radius 1 is 1.24 bits per heavy atom. The van der Waals surface area contributed by atoms with Crippen LogP contribution in [-0.2, 0) is 11.3 Å². The van der Waals surface area contributed by atoms with Gasteiger partial charge in [0.1, 0.15) is 11.1 Å². The van der Waals surface area contributed by atoms with E-state index in [1.807, 2.05) is 42.5 Å². The molecule has 1 aliphatic heterocycles. The first kappa shape index (κ1) is 13.9. The van der Waals surface area contributed by atoms with Gasteiger partial charge in [0.05, 0.1) is 24.5 Å². The highest BCUT2D eigenvalue weighted by atomic mass is 35.5. The molecule has 1 amide bonds. The van der Waals surface area contributed by atoms with E-state index in [-0.39, 0.29) is 11.9 Å². The van der Waals surface area contributed by atoms with Crippen LogP contribution in [0.3, 0.4) is 0 Å². The van der Waals surface area contributed by atoms with Crippen LogP contribution in [0.4, 0.5) is 5.69 Å². The maximum atomic E-state index is 12.3. The molecule has 0 fully saturated rings. The molecule has 5 nitrogen and oxygen atoms in total. The molecule has 2 unspecified atom stereocenters. The number of hydrogen-bond acceptors (Lipinski definition) is 4. The molecule has 0 aliphatic carbocycles. The van der Waals surface area contributed by atoms with E-state index in [0.717, 1.165) is 5.76 Å². The van der Waals surface area contributed by atoms with Gasteiger partial charge in [-0.05, 0) is 24.3 Å². The van der Waals surface area contributed by atoms with Crippen LogP contribution in [0.2, 0.25) is 0 Å². The Labute approximate surface area is 127 Å². The van der Waals surface area contributed by atoms with Crippen molar-refractivity contribution in [3.63, 3.8) is 0 Å². The summed E-state index contributed by atoms with van der Waals surface area (Å²) in [6, 6.07) is 12.5. The highest BCUT2D eigenvalue weighted by molar-refractivity contribution is 6.35. The number of nitrogens with zero attached hydrogens (tertiary/aromatic N) is 2. The molecular formula is C15H14ClN3O2. The first-order valence-corrected chi connectivity index (χ1v) is 7.02. The number of anilines is 1. The lowest BCUT2D eigenvalue weighted by Crippen LogP contribution is -2.51. The van der Waals surface area contributed by atoms with E-state index in [9.17, 15) is 4.79 Å². The van der Waals surface area contributed by atoms with E-state index in [4.69, 9.17) is 16.0 Å². The van der Waals surface area contributed by atoms with Crippen LogP contribution in [0, 0.1) is 0 Å². The number of halogens is 1. The molecule has 3 rings (SSSR count). The van der Waals surface area contributed by atoms with Gasteiger partial charge in [0.25, 0.3) is 5.91 Å². The van der Waals surface area contributed by atoms with E-state index < -0.39 is 5.38 Å². The molecule has 0 bridgehead atoms. The molecule has 2 atom stereocenters. The zero-order valence-corrected chi connectivity index (χ0v) is 11.9. The Balaban J connectivity index is 1.71. The van der Waals surface area contributed by atoms with Crippen molar-refractivity contribution in [3.05, 3.63) is 54.5 Å². The van der Waals surface area contributed by atoms with E-state index in [2.05, 4.69) is 10.4 Å². The van der Waals surface area contributed by atoms with Crippen molar-refractivity contribution in [3.8, 4) is 0 Å². The monoisotopic (exact) mass is 303 g/mol. The summed E-state index contributed by atoms with van der Waals surface area (Å²) in [5.74, 6) is 0.535. The number of carbonyl (C=O) groups excluding carboxylic acids is 1. The van der Waals surface area contributed by atoms with Crippen LogP contribution in [0.15, 0.2) is 58.2 Å². The number of para-hydroxylation sites is 1. The second-order valence-electron chi connectivity index (χ2n) is 4.64. The minimum absolute atomic E-state index is 0.248. The SMILES string of the molecule is O=C1C(Cl)C(NCc2ccco2)C=NN1c1ccccc1. The van der Waals surface area contributed by atoms with Crippen LogP contribution < -0.4 is 10.3 Å². The minimum atomic E-state index is -0.710. The molecule has 1 aromatic carbocycles. The predicted octanol–water partition coefficient (Wildman–Crippen LogP) is 2.38. The van der Waals surface area contributed by atoms with Crippen molar-refractivity contribution in [2.75, 3.05) is 5.01 Å². The van der Waals surface area contributed by atoms with Gasteiger partial charge >= 0.3 is 0 Å². The number of hydrazone groups is 1. The van der Waals surface area contributed by atoms with Crippen LogP contribution in [-0.4, -0.2) is 23.5 Å². The standard InChI is InChI=1S/C15H14ClN3O2/c16-14-13(17-9-12-7-4-8-21-12)10-18-19(15(14)20)11-5-2-1-3-6-11/h1-8,10,13-14,17H,9H2. The van der Waals surface area contributed by atoms with Gasteiger partial charge in [0.2, 0.25) is 0 Å². The van der Waals surface area contributed by atoms with Gasteiger partial charge in [-0.25, -0.2) is 0 Å². The summed E-state index contributed by atoms with van der Waals surface area (Å²) in [5.41, 5.74) is 0.703.